The second-order valence-electron chi connectivity index (χ2n) is 2.59. The first kappa shape index (κ1) is 10.3. The highest BCUT2D eigenvalue weighted by molar-refractivity contribution is 7.98. The van der Waals surface area contributed by atoms with Crippen molar-refractivity contribution in [2.24, 2.45) is 5.73 Å². The Morgan fingerprint density at radius 2 is 2.31 bits per heavy atom. The van der Waals surface area contributed by atoms with Crippen LogP contribution in [0.2, 0.25) is 0 Å². The number of anilines is 1. The van der Waals surface area contributed by atoms with E-state index in [0.29, 0.717) is 19.0 Å². The van der Waals surface area contributed by atoms with Crippen LogP contribution in [0.4, 0.5) is 5.95 Å². The fourth-order valence-electron chi connectivity index (χ4n) is 0.907. The molecule has 72 valence electrons. The quantitative estimate of drug-likeness (QED) is 0.555. The molecule has 0 amide bonds. The first-order valence-electron chi connectivity index (χ1n) is 4.10. The van der Waals surface area contributed by atoms with E-state index in [2.05, 4.69) is 15.3 Å². The molecule has 0 atom stereocenters. The van der Waals surface area contributed by atoms with Crippen LogP contribution in [0, 0.1) is 6.92 Å². The molecule has 1 rings (SSSR count). The van der Waals surface area contributed by atoms with E-state index in [9.17, 15) is 0 Å². The van der Waals surface area contributed by atoms with E-state index in [0.717, 1.165) is 10.7 Å². The number of nitrogens with zero attached hydrogens (tertiary/aromatic N) is 2. The van der Waals surface area contributed by atoms with Crippen molar-refractivity contribution in [3.05, 3.63) is 11.8 Å². The lowest BCUT2D eigenvalue weighted by Crippen LogP contribution is -2.15. The van der Waals surface area contributed by atoms with Crippen LogP contribution in [-0.2, 0) is 0 Å². The molecule has 0 saturated heterocycles. The summed E-state index contributed by atoms with van der Waals surface area (Å²) in [6.45, 7) is 3.25. The van der Waals surface area contributed by atoms with Crippen molar-refractivity contribution in [1.82, 2.24) is 9.97 Å². The zero-order chi connectivity index (χ0) is 9.68. The van der Waals surface area contributed by atoms with Gasteiger partial charge in [0.1, 0.15) is 5.03 Å². The summed E-state index contributed by atoms with van der Waals surface area (Å²) in [6, 6.07) is 1.96. The molecule has 5 heteroatoms. The molecule has 3 N–H and O–H groups in total. The number of nitrogens with two attached hydrogens (primary N) is 1. The lowest BCUT2D eigenvalue weighted by atomic mass is 10.4. The van der Waals surface area contributed by atoms with Gasteiger partial charge in [0.05, 0.1) is 0 Å². The third-order valence-electron chi connectivity index (χ3n) is 1.47. The molecule has 0 fully saturated rings. The van der Waals surface area contributed by atoms with Crippen molar-refractivity contribution in [3.63, 3.8) is 0 Å². The molecule has 0 spiro atoms. The maximum Gasteiger partial charge on any atom is 0.223 e. The smallest absolute Gasteiger partial charge is 0.223 e. The number of aromatic nitrogens is 2. The molecular formula is C8H14N4S. The lowest BCUT2D eigenvalue weighted by molar-refractivity contribution is 0.949. The Morgan fingerprint density at radius 3 is 2.92 bits per heavy atom. The van der Waals surface area contributed by atoms with E-state index in [-0.39, 0.29) is 0 Å². The minimum atomic E-state index is 0.589. The highest BCUT2D eigenvalue weighted by Crippen LogP contribution is 2.13. The summed E-state index contributed by atoms with van der Waals surface area (Å²) in [4.78, 5) is 8.50. The molecule has 0 bridgehead atoms. The van der Waals surface area contributed by atoms with Crippen LogP contribution in [0.3, 0.4) is 0 Å². The Kier molecular flexibility index (Phi) is 3.98. The molecule has 1 heterocycles. The standard InChI is InChI=1S/C8H14N4S/c1-6-5-7(13-2)12-8(11-6)10-4-3-9/h5H,3-4,9H2,1-2H3,(H,10,11,12). The highest BCUT2D eigenvalue weighted by Gasteiger charge is 1.99. The predicted octanol–water partition coefficient (Wildman–Crippen LogP) is 0.878. The molecule has 4 nitrogen and oxygen atoms in total. The Balaban J connectivity index is 2.76. The molecule has 0 aliphatic carbocycles. The van der Waals surface area contributed by atoms with E-state index < -0.39 is 0 Å². The molecule has 1 aromatic rings. The molecule has 1 aromatic heterocycles. The van der Waals surface area contributed by atoms with Crippen LogP contribution >= 0.6 is 11.8 Å². The van der Waals surface area contributed by atoms with Crippen molar-refractivity contribution < 1.29 is 0 Å². The molecule has 13 heavy (non-hydrogen) atoms. The van der Waals surface area contributed by atoms with Gasteiger partial charge in [-0.25, -0.2) is 9.97 Å². The lowest BCUT2D eigenvalue weighted by Gasteiger charge is -2.05. The Labute approximate surface area is 82.3 Å². The molecular weight excluding hydrogens is 184 g/mol. The van der Waals surface area contributed by atoms with Gasteiger partial charge in [-0.15, -0.1) is 11.8 Å². The van der Waals surface area contributed by atoms with Crippen LogP contribution in [0.15, 0.2) is 11.1 Å². The van der Waals surface area contributed by atoms with Gasteiger partial charge >= 0.3 is 0 Å². The van der Waals surface area contributed by atoms with Crippen molar-refractivity contribution in [3.8, 4) is 0 Å². The van der Waals surface area contributed by atoms with Gasteiger partial charge in [0.2, 0.25) is 5.95 Å². The summed E-state index contributed by atoms with van der Waals surface area (Å²) < 4.78 is 0. The van der Waals surface area contributed by atoms with Gasteiger partial charge in [0, 0.05) is 18.8 Å². The molecule has 0 aliphatic heterocycles. The summed E-state index contributed by atoms with van der Waals surface area (Å²) in [7, 11) is 0. The van der Waals surface area contributed by atoms with Gasteiger partial charge in [0.15, 0.2) is 0 Å². The van der Waals surface area contributed by atoms with Gasteiger partial charge in [0.25, 0.3) is 0 Å². The second-order valence-corrected chi connectivity index (χ2v) is 3.42. The minimum absolute atomic E-state index is 0.589. The number of hydrogen-bond acceptors (Lipinski definition) is 5. The average molecular weight is 198 g/mol. The molecule has 0 aliphatic rings. The van der Waals surface area contributed by atoms with Gasteiger partial charge in [-0.1, -0.05) is 0 Å². The van der Waals surface area contributed by atoms with Crippen molar-refractivity contribution in [2.45, 2.75) is 11.9 Å². The zero-order valence-corrected chi connectivity index (χ0v) is 8.69. The van der Waals surface area contributed by atoms with Crippen LogP contribution < -0.4 is 11.1 Å². The monoisotopic (exact) mass is 198 g/mol. The van der Waals surface area contributed by atoms with E-state index in [1.807, 2.05) is 19.2 Å². The number of hydrogen-bond donors (Lipinski definition) is 2. The Morgan fingerprint density at radius 1 is 1.54 bits per heavy atom. The third kappa shape index (κ3) is 3.20. The number of nitrogens with one attached hydrogen (secondary N) is 1. The van der Waals surface area contributed by atoms with Crippen molar-refractivity contribution >= 4 is 17.7 Å². The molecule has 0 saturated carbocycles. The predicted molar refractivity (Wildman–Crippen MR) is 56.1 cm³/mol. The third-order valence-corrected chi connectivity index (χ3v) is 2.09. The first-order valence-corrected chi connectivity index (χ1v) is 5.32. The van der Waals surface area contributed by atoms with Gasteiger partial charge in [-0.05, 0) is 19.2 Å². The van der Waals surface area contributed by atoms with E-state index in [1.165, 1.54) is 0 Å². The Hall–Kier alpha value is -0.810. The highest BCUT2D eigenvalue weighted by atomic mass is 32.2. The normalized spacial score (nSPS) is 10.1. The van der Waals surface area contributed by atoms with E-state index in [4.69, 9.17) is 5.73 Å². The summed E-state index contributed by atoms with van der Waals surface area (Å²) >= 11 is 1.61. The SMILES string of the molecule is CSc1cc(C)nc(NCCN)n1. The number of thioether (sulfide) groups is 1. The second kappa shape index (κ2) is 5.04. The van der Waals surface area contributed by atoms with Crippen LogP contribution in [0.5, 0.6) is 0 Å². The minimum Gasteiger partial charge on any atom is -0.353 e. The summed E-state index contributed by atoms with van der Waals surface area (Å²) in [5.74, 6) is 0.662. The van der Waals surface area contributed by atoms with Crippen LogP contribution in [-0.4, -0.2) is 29.3 Å². The maximum absolute atomic E-state index is 5.36. The van der Waals surface area contributed by atoms with Gasteiger partial charge in [-0.2, -0.15) is 0 Å². The fourth-order valence-corrected chi connectivity index (χ4v) is 1.37. The van der Waals surface area contributed by atoms with Crippen LogP contribution in [0.25, 0.3) is 0 Å². The number of aryl methyl sites for hydroxylation is 1. The first-order chi connectivity index (χ1) is 6.26. The molecule has 0 unspecified atom stereocenters. The summed E-state index contributed by atoms with van der Waals surface area (Å²) in [5, 5.41) is 4.03. The van der Waals surface area contributed by atoms with Crippen LogP contribution in [0.1, 0.15) is 5.69 Å². The van der Waals surface area contributed by atoms with Crippen molar-refractivity contribution in [2.75, 3.05) is 24.7 Å². The average Bonchev–Trinajstić information content (AvgIpc) is 2.14. The summed E-state index contributed by atoms with van der Waals surface area (Å²) in [5.41, 5.74) is 6.33. The van der Waals surface area contributed by atoms with E-state index >= 15 is 0 Å². The van der Waals surface area contributed by atoms with E-state index in [1.54, 1.807) is 11.8 Å². The fraction of sp³-hybridized carbons (Fsp3) is 0.500. The van der Waals surface area contributed by atoms with Crippen molar-refractivity contribution in [1.29, 1.82) is 0 Å². The Bertz CT molecular complexity index is 277. The van der Waals surface area contributed by atoms with Gasteiger partial charge < -0.3 is 11.1 Å². The summed E-state index contributed by atoms with van der Waals surface area (Å²) in [6.07, 6.45) is 1.99. The topological polar surface area (TPSA) is 63.8 Å². The maximum atomic E-state index is 5.36. The molecule has 0 aromatic carbocycles. The number of rotatable bonds is 4. The van der Waals surface area contributed by atoms with Gasteiger partial charge in [-0.3, -0.25) is 0 Å². The molecule has 0 radical (unpaired) electrons. The zero-order valence-electron chi connectivity index (χ0n) is 7.87. The largest absolute Gasteiger partial charge is 0.353 e.